The molecule has 0 saturated carbocycles. The van der Waals surface area contributed by atoms with Crippen LogP contribution in [0.25, 0.3) is 0 Å². The van der Waals surface area contributed by atoms with E-state index in [4.69, 9.17) is 0 Å². The van der Waals surface area contributed by atoms with Crippen LogP contribution in [0.4, 0.5) is 4.39 Å². The largest absolute Gasteiger partial charge is 0.352 e. The molecule has 0 spiro atoms. The minimum absolute atomic E-state index is 0.0105. The number of benzene rings is 2. The van der Waals surface area contributed by atoms with Crippen molar-refractivity contribution < 1.29 is 14.0 Å². The third-order valence-corrected chi connectivity index (χ3v) is 5.47. The smallest absolute Gasteiger partial charge is 0.242 e. The molecule has 0 radical (unpaired) electrons. The first-order valence-electron chi connectivity index (χ1n) is 9.74. The molecule has 0 bridgehead atoms. The van der Waals surface area contributed by atoms with Crippen molar-refractivity contribution in [3.63, 3.8) is 0 Å². The third kappa shape index (κ3) is 7.54. The Bertz CT molecular complexity index is 807. The summed E-state index contributed by atoms with van der Waals surface area (Å²) in [6, 6.07) is 13.6. The van der Waals surface area contributed by atoms with Gasteiger partial charge in [0.15, 0.2) is 0 Å². The summed E-state index contributed by atoms with van der Waals surface area (Å²) in [6.45, 7) is 7.79. The molecule has 2 amide bonds. The monoisotopic (exact) mass is 416 g/mol. The predicted molar refractivity (Wildman–Crippen MR) is 117 cm³/mol. The van der Waals surface area contributed by atoms with Crippen molar-refractivity contribution in [2.45, 2.75) is 52.1 Å². The fourth-order valence-electron chi connectivity index (χ4n) is 2.80. The van der Waals surface area contributed by atoms with Crippen LogP contribution in [0.15, 0.2) is 48.5 Å². The second-order valence-corrected chi connectivity index (χ2v) is 8.45. The van der Waals surface area contributed by atoms with E-state index in [1.807, 2.05) is 20.8 Å². The standard InChI is InChI=1S/C23H29FN2O2S/c1-16(2)25-23(28)18(4)26(13-19-9-11-21(24)12-10-19)22(27)15-29-14-20-7-5-17(3)6-8-20/h5-12,16,18H,13-15H2,1-4H3,(H,25,28)/t18-/m1/s1. The number of hydrogen-bond acceptors (Lipinski definition) is 3. The van der Waals surface area contributed by atoms with Crippen molar-refractivity contribution in [2.75, 3.05) is 5.75 Å². The molecule has 0 saturated heterocycles. The Morgan fingerprint density at radius 1 is 1.00 bits per heavy atom. The highest BCUT2D eigenvalue weighted by Gasteiger charge is 2.26. The highest BCUT2D eigenvalue weighted by molar-refractivity contribution is 7.99. The van der Waals surface area contributed by atoms with Crippen molar-refractivity contribution in [1.29, 1.82) is 0 Å². The zero-order chi connectivity index (χ0) is 21.4. The number of nitrogens with zero attached hydrogens (tertiary/aromatic N) is 1. The second kappa shape index (κ2) is 11.0. The van der Waals surface area contributed by atoms with E-state index in [1.54, 1.807) is 24.0 Å². The lowest BCUT2D eigenvalue weighted by atomic mass is 10.1. The Morgan fingerprint density at radius 3 is 2.17 bits per heavy atom. The molecule has 0 aliphatic rings. The number of hydrogen-bond donors (Lipinski definition) is 1. The first-order valence-corrected chi connectivity index (χ1v) is 10.9. The lowest BCUT2D eigenvalue weighted by Gasteiger charge is -2.29. The van der Waals surface area contributed by atoms with Gasteiger partial charge in [-0.15, -0.1) is 11.8 Å². The van der Waals surface area contributed by atoms with Gasteiger partial charge in [-0.05, 0) is 51.0 Å². The molecule has 29 heavy (non-hydrogen) atoms. The highest BCUT2D eigenvalue weighted by atomic mass is 32.2. The second-order valence-electron chi connectivity index (χ2n) is 7.47. The van der Waals surface area contributed by atoms with Gasteiger partial charge in [0.1, 0.15) is 11.9 Å². The number of nitrogens with one attached hydrogen (secondary N) is 1. The van der Waals surface area contributed by atoms with Crippen LogP contribution < -0.4 is 5.32 Å². The quantitative estimate of drug-likeness (QED) is 0.663. The molecule has 6 heteroatoms. The Kier molecular flexibility index (Phi) is 8.70. The maximum Gasteiger partial charge on any atom is 0.242 e. The normalized spacial score (nSPS) is 11.9. The lowest BCUT2D eigenvalue weighted by Crippen LogP contribution is -2.49. The minimum Gasteiger partial charge on any atom is -0.352 e. The summed E-state index contributed by atoms with van der Waals surface area (Å²) in [5, 5.41) is 2.86. The molecule has 0 heterocycles. The Balaban J connectivity index is 2.05. The maximum atomic E-state index is 13.2. The molecule has 0 aliphatic heterocycles. The van der Waals surface area contributed by atoms with Crippen LogP contribution in [0.2, 0.25) is 0 Å². The van der Waals surface area contributed by atoms with Crippen LogP contribution in [-0.4, -0.2) is 34.6 Å². The molecular formula is C23H29FN2O2S. The summed E-state index contributed by atoms with van der Waals surface area (Å²) in [6.07, 6.45) is 0. The van der Waals surface area contributed by atoms with E-state index in [0.29, 0.717) is 0 Å². The lowest BCUT2D eigenvalue weighted by molar-refractivity contribution is -0.138. The highest BCUT2D eigenvalue weighted by Crippen LogP contribution is 2.17. The summed E-state index contributed by atoms with van der Waals surface area (Å²) < 4.78 is 13.2. The number of amides is 2. The number of carbonyl (C=O) groups is 2. The molecule has 1 N–H and O–H groups in total. The van der Waals surface area contributed by atoms with Gasteiger partial charge in [-0.3, -0.25) is 9.59 Å². The van der Waals surface area contributed by atoms with E-state index < -0.39 is 6.04 Å². The SMILES string of the molecule is Cc1ccc(CSCC(=O)N(Cc2ccc(F)cc2)[C@H](C)C(=O)NC(C)C)cc1. The van der Waals surface area contributed by atoms with E-state index in [1.165, 1.54) is 29.5 Å². The van der Waals surface area contributed by atoms with Gasteiger partial charge in [0.2, 0.25) is 11.8 Å². The van der Waals surface area contributed by atoms with Crippen LogP contribution in [0.1, 0.15) is 37.5 Å². The van der Waals surface area contributed by atoms with E-state index >= 15 is 0 Å². The molecule has 0 fully saturated rings. The summed E-state index contributed by atoms with van der Waals surface area (Å²) >= 11 is 1.52. The van der Waals surface area contributed by atoms with Gasteiger partial charge in [0.05, 0.1) is 5.75 Å². The number of aryl methyl sites for hydroxylation is 1. The zero-order valence-corrected chi connectivity index (χ0v) is 18.3. The van der Waals surface area contributed by atoms with Gasteiger partial charge in [0, 0.05) is 18.3 Å². The number of thioether (sulfide) groups is 1. The molecule has 2 aromatic rings. The van der Waals surface area contributed by atoms with Crippen LogP contribution >= 0.6 is 11.8 Å². The molecule has 2 rings (SSSR count). The van der Waals surface area contributed by atoms with Crippen molar-refractivity contribution in [3.05, 3.63) is 71.0 Å². The third-order valence-electron chi connectivity index (χ3n) is 4.48. The summed E-state index contributed by atoms with van der Waals surface area (Å²) in [7, 11) is 0. The average Bonchev–Trinajstić information content (AvgIpc) is 2.68. The van der Waals surface area contributed by atoms with Gasteiger partial charge in [0.25, 0.3) is 0 Å². The average molecular weight is 417 g/mol. The molecule has 0 unspecified atom stereocenters. The predicted octanol–water partition coefficient (Wildman–Crippen LogP) is 4.31. The van der Waals surface area contributed by atoms with E-state index in [9.17, 15) is 14.0 Å². The topological polar surface area (TPSA) is 49.4 Å². The molecule has 0 aliphatic carbocycles. The van der Waals surface area contributed by atoms with Gasteiger partial charge >= 0.3 is 0 Å². The van der Waals surface area contributed by atoms with Gasteiger partial charge < -0.3 is 10.2 Å². The Labute approximate surface area is 176 Å². The Morgan fingerprint density at radius 2 is 1.59 bits per heavy atom. The van der Waals surface area contributed by atoms with Gasteiger partial charge in [-0.1, -0.05) is 42.0 Å². The molecule has 2 aromatic carbocycles. The molecule has 156 valence electrons. The zero-order valence-electron chi connectivity index (χ0n) is 17.4. The van der Waals surface area contributed by atoms with Crippen molar-refractivity contribution in [1.82, 2.24) is 10.2 Å². The van der Waals surface area contributed by atoms with Crippen molar-refractivity contribution in [3.8, 4) is 0 Å². The molecule has 1 atom stereocenters. The fraction of sp³-hybridized carbons (Fsp3) is 0.391. The van der Waals surface area contributed by atoms with Crippen LogP contribution in [0.3, 0.4) is 0 Å². The van der Waals surface area contributed by atoms with E-state index in [0.717, 1.165) is 16.9 Å². The van der Waals surface area contributed by atoms with E-state index in [2.05, 4.69) is 29.6 Å². The van der Waals surface area contributed by atoms with Crippen LogP contribution in [0.5, 0.6) is 0 Å². The van der Waals surface area contributed by atoms with Crippen LogP contribution in [-0.2, 0) is 21.9 Å². The van der Waals surface area contributed by atoms with Crippen molar-refractivity contribution in [2.24, 2.45) is 0 Å². The Hall–Kier alpha value is -2.34. The fourth-order valence-corrected chi connectivity index (χ4v) is 3.67. The van der Waals surface area contributed by atoms with E-state index in [-0.39, 0.29) is 36.0 Å². The van der Waals surface area contributed by atoms with Gasteiger partial charge in [-0.25, -0.2) is 4.39 Å². The summed E-state index contributed by atoms with van der Waals surface area (Å²) in [4.78, 5) is 27.0. The first-order chi connectivity index (χ1) is 13.8. The van der Waals surface area contributed by atoms with Gasteiger partial charge in [-0.2, -0.15) is 0 Å². The molecular weight excluding hydrogens is 387 g/mol. The first kappa shape index (κ1) is 22.9. The summed E-state index contributed by atoms with van der Waals surface area (Å²) in [5.74, 6) is 0.361. The number of carbonyl (C=O) groups excluding carboxylic acids is 2. The van der Waals surface area contributed by atoms with Crippen LogP contribution in [0, 0.1) is 12.7 Å². The summed E-state index contributed by atoms with van der Waals surface area (Å²) in [5.41, 5.74) is 3.14. The number of rotatable bonds is 9. The van der Waals surface area contributed by atoms with Crippen molar-refractivity contribution >= 4 is 23.6 Å². The number of halogens is 1. The molecule has 4 nitrogen and oxygen atoms in total. The maximum absolute atomic E-state index is 13.2. The molecule has 0 aromatic heterocycles. The minimum atomic E-state index is -0.616.